The molecule has 1 N–H and O–H groups in total. The summed E-state index contributed by atoms with van der Waals surface area (Å²) >= 11 is 0. The zero-order chi connectivity index (χ0) is 34.2. The standard InChI is InChI=1S/C38H70O5Si3/c1-10-45(11-2,12-3)41-33(28-27-32-23-19-18-20-24-32)29-30-35-34(25-21-16-17-22-26-38(39)40)36(42-44(7,8)9)31-37(35)43-46(13-4,14-5)15-6/h16,18-21,23-24,33-37H,10-15,17,22,25-31H2,1-9H3,(H,39,40)/b21-16-/t33-,34?,35+,36-,37+/m0/s1. The van der Waals surface area contributed by atoms with Crippen LogP contribution >= 0.6 is 0 Å². The fourth-order valence-corrected chi connectivity index (χ4v) is 14.6. The van der Waals surface area contributed by atoms with Crippen LogP contribution in [0.3, 0.4) is 0 Å². The summed E-state index contributed by atoms with van der Waals surface area (Å²) in [4.78, 5) is 11.0. The number of aliphatic carboxylic acids is 1. The number of carbonyl (C=O) groups is 1. The van der Waals surface area contributed by atoms with Crippen molar-refractivity contribution in [2.24, 2.45) is 11.8 Å². The second-order valence-corrected chi connectivity index (χ2v) is 28.7. The van der Waals surface area contributed by atoms with Gasteiger partial charge < -0.3 is 18.4 Å². The van der Waals surface area contributed by atoms with Crippen LogP contribution in [0.4, 0.5) is 0 Å². The summed E-state index contributed by atoms with van der Waals surface area (Å²) in [5.41, 5.74) is 1.40. The van der Waals surface area contributed by atoms with E-state index in [2.05, 4.69) is 104 Å². The second-order valence-electron chi connectivity index (χ2n) is 14.8. The van der Waals surface area contributed by atoms with Gasteiger partial charge in [0.25, 0.3) is 0 Å². The third-order valence-corrected chi connectivity index (χ3v) is 21.3. The van der Waals surface area contributed by atoms with E-state index in [0.29, 0.717) is 18.3 Å². The Labute approximate surface area is 286 Å². The summed E-state index contributed by atoms with van der Waals surface area (Å²) in [6.07, 6.45) is 13.2. The van der Waals surface area contributed by atoms with Gasteiger partial charge in [-0.3, -0.25) is 4.79 Å². The van der Waals surface area contributed by atoms with Gasteiger partial charge in [-0.15, -0.1) is 0 Å². The minimum absolute atomic E-state index is 0.210. The third-order valence-electron chi connectivity index (χ3n) is 10.9. The van der Waals surface area contributed by atoms with Crippen molar-refractivity contribution in [1.82, 2.24) is 0 Å². The Morgan fingerprint density at radius 3 is 1.96 bits per heavy atom. The molecule has 0 saturated heterocycles. The lowest BCUT2D eigenvalue weighted by atomic mass is 9.85. The molecule has 1 aliphatic carbocycles. The Hall–Kier alpha value is -1.04. The Bertz CT molecular complexity index is 987. The second kappa shape index (κ2) is 20.5. The van der Waals surface area contributed by atoms with Crippen molar-refractivity contribution in [2.75, 3.05) is 0 Å². The van der Waals surface area contributed by atoms with Crippen LogP contribution in [0.2, 0.25) is 55.9 Å². The highest BCUT2D eigenvalue weighted by Gasteiger charge is 2.48. The molecule has 0 aromatic heterocycles. The number of allylic oxidation sites excluding steroid dienone is 2. The number of benzene rings is 1. The topological polar surface area (TPSA) is 65.0 Å². The minimum Gasteiger partial charge on any atom is -0.481 e. The van der Waals surface area contributed by atoms with Crippen LogP contribution in [-0.2, 0) is 24.5 Å². The van der Waals surface area contributed by atoms with Gasteiger partial charge in [0.1, 0.15) is 0 Å². The first-order chi connectivity index (χ1) is 21.9. The molecule has 0 amide bonds. The number of rotatable bonds is 24. The number of hydrogen-bond donors (Lipinski definition) is 1. The third kappa shape index (κ3) is 13.5. The predicted octanol–water partition coefficient (Wildman–Crippen LogP) is 11.2. The molecule has 1 aromatic carbocycles. The van der Waals surface area contributed by atoms with Gasteiger partial charge in [0.2, 0.25) is 0 Å². The highest BCUT2D eigenvalue weighted by molar-refractivity contribution is 6.74. The highest BCUT2D eigenvalue weighted by Crippen LogP contribution is 2.45. The quantitative estimate of drug-likeness (QED) is 0.0664. The average molecular weight is 691 g/mol. The Morgan fingerprint density at radius 2 is 1.41 bits per heavy atom. The van der Waals surface area contributed by atoms with E-state index < -0.39 is 30.9 Å². The highest BCUT2D eigenvalue weighted by atomic mass is 28.4. The summed E-state index contributed by atoms with van der Waals surface area (Å²) < 4.78 is 21.6. The lowest BCUT2D eigenvalue weighted by Crippen LogP contribution is -2.42. The zero-order valence-corrected chi connectivity index (χ0v) is 34.1. The van der Waals surface area contributed by atoms with Gasteiger partial charge in [-0.1, -0.05) is 84.0 Å². The summed E-state index contributed by atoms with van der Waals surface area (Å²) in [6, 6.07) is 17.9. The first kappa shape index (κ1) is 41.1. The molecule has 0 radical (unpaired) electrons. The molecule has 1 aromatic rings. The van der Waals surface area contributed by atoms with Gasteiger partial charge in [-0.05, 0) is 125 Å². The molecule has 0 aliphatic heterocycles. The summed E-state index contributed by atoms with van der Waals surface area (Å²) in [5.74, 6) is 0.129. The summed E-state index contributed by atoms with van der Waals surface area (Å²) in [7, 11) is -5.36. The number of carboxylic acids is 1. The number of unbranched alkanes of at least 4 members (excludes halogenated alkanes) is 1. The molecular formula is C38H70O5Si3. The van der Waals surface area contributed by atoms with Crippen LogP contribution in [-0.4, -0.2) is 54.3 Å². The Kier molecular flexibility index (Phi) is 18.3. The summed E-state index contributed by atoms with van der Waals surface area (Å²) in [6.45, 7) is 21.0. The lowest BCUT2D eigenvalue weighted by molar-refractivity contribution is -0.137. The van der Waals surface area contributed by atoms with Crippen molar-refractivity contribution >= 4 is 30.9 Å². The van der Waals surface area contributed by atoms with Crippen LogP contribution in [0.15, 0.2) is 42.5 Å². The average Bonchev–Trinajstić information content (AvgIpc) is 3.35. The van der Waals surface area contributed by atoms with Gasteiger partial charge in [-0.2, -0.15) is 0 Å². The van der Waals surface area contributed by atoms with Gasteiger partial charge >= 0.3 is 5.97 Å². The van der Waals surface area contributed by atoms with Crippen molar-refractivity contribution in [3.8, 4) is 0 Å². The van der Waals surface area contributed by atoms with Crippen LogP contribution < -0.4 is 0 Å². The smallest absolute Gasteiger partial charge is 0.303 e. The molecule has 0 spiro atoms. The molecule has 1 saturated carbocycles. The maximum Gasteiger partial charge on any atom is 0.303 e. The van der Waals surface area contributed by atoms with E-state index in [0.717, 1.165) is 63.1 Å². The van der Waals surface area contributed by atoms with Gasteiger partial charge in [0.15, 0.2) is 25.0 Å². The molecule has 0 heterocycles. The van der Waals surface area contributed by atoms with E-state index in [9.17, 15) is 4.79 Å². The zero-order valence-electron chi connectivity index (χ0n) is 31.1. The van der Waals surface area contributed by atoms with E-state index in [1.54, 1.807) is 0 Å². The van der Waals surface area contributed by atoms with Crippen molar-refractivity contribution < 1.29 is 23.2 Å². The van der Waals surface area contributed by atoms with Crippen LogP contribution in [0.25, 0.3) is 0 Å². The number of hydrogen-bond acceptors (Lipinski definition) is 4. The van der Waals surface area contributed by atoms with Gasteiger partial charge in [0, 0.05) is 12.5 Å². The maximum atomic E-state index is 11.0. The summed E-state index contributed by atoms with van der Waals surface area (Å²) in [5, 5.41) is 9.07. The molecule has 8 heteroatoms. The van der Waals surface area contributed by atoms with E-state index >= 15 is 0 Å². The predicted molar refractivity (Wildman–Crippen MR) is 203 cm³/mol. The number of aryl methyl sites for hydroxylation is 1. The Morgan fingerprint density at radius 1 is 0.826 bits per heavy atom. The van der Waals surface area contributed by atoms with Crippen molar-refractivity contribution in [3.05, 3.63) is 48.0 Å². The van der Waals surface area contributed by atoms with E-state index in [1.807, 2.05) is 0 Å². The Balaban J connectivity index is 2.40. The van der Waals surface area contributed by atoms with E-state index in [1.165, 1.54) is 23.7 Å². The first-order valence-electron chi connectivity index (χ1n) is 18.8. The largest absolute Gasteiger partial charge is 0.481 e. The molecule has 5 atom stereocenters. The first-order valence-corrected chi connectivity index (χ1v) is 27.3. The van der Waals surface area contributed by atoms with Gasteiger partial charge in [-0.25, -0.2) is 0 Å². The van der Waals surface area contributed by atoms with Crippen molar-refractivity contribution in [3.63, 3.8) is 0 Å². The minimum atomic E-state index is -1.82. The molecule has 264 valence electrons. The molecule has 2 rings (SSSR count). The van der Waals surface area contributed by atoms with Crippen LogP contribution in [0.5, 0.6) is 0 Å². The molecule has 1 aliphatic rings. The SMILES string of the molecule is CC[Si](CC)(CC)O[C@@H](CCc1ccccc1)CC[C@@H]1C(C/C=C\CCCC(=O)O)[C@@H](O[Si](C)(C)C)C[C@H]1O[Si](CC)(CC)CC. The van der Waals surface area contributed by atoms with Crippen molar-refractivity contribution in [1.29, 1.82) is 0 Å². The van der Waals surface area contributed by atoms with E-state index in [-0.39, 0.29) is 24.7 Å². The fourth-order valence-electron chi connectivity index (χ4n) is 7.61. The number of carboxylic acid groups (broad SMARTS) is 1. The molecule has 46 heavy (non-hydrogen) atoms. The van der Waals surface area contributed by atoms with E-state index in [4.69, 9.17) is 18.4 Å². The molecular weight excluding hydrogens is 621 g/mol. The molecule has 0 bridgehead atoms. The monoisotopic (exact) mass is 690 g/mol. The molecule has 1 fully saturated rings. The maximum absolute atomic E-state index is 11.0. The van der Waals surface area contributed by atoms with Crippen molar-refractivity contribution in [2.45, 2.75) is 174 Å². The van der Waals surface area contributed by atoms with Crippen LogP contribution in [0.1, 0.15) is 98.5 Å². The fraction of sp³-hybridized carbons (Fsp3) is 0.763. The lowest BCUT2D eigenvalue weighted by Gasteiger charge is -2.37. The van der Waals surface area contributed by atoms with Crippen LogP contribution in [0, 0.1) is 11.8 Å². The van der Waals surface area contributed by atoms with Gasteiger partial charge in [0.05, 0.1) is 12.2 Å². The molecule has 5 nitrogen and oxygen atoms in total. The molecule has 1 unspecified atom stereocenters. The normalized spacial score (nSPS) is 21.7.